The fraction of sp³-hybridized carbons (Fsp3) is 0.161. The van der Waals surface area contributed by atoms with E-state index >= 15 is 4.79 Å². The van der Waals surface area contributed by atoms with E-state index in [2.05, 4.69) is 92.9 Å². The van der Waals surface area contributed by atoms with Crippen LogP contribution >= 0.6 is 0 Å². The van der Waals surface area contributed by atoms with Gasteiger partial charge in [0.2, 0.25) is 5.91 Å². The number of ether oxygens (including phenoxy) is 1. The van der Waals surface area contributed by atoms with E-state index in [4.69, 9.17) is 9.72 Å². The summed E-state index contributed by atoms with van der Waals surface area (Å²) in [6.07, 6.45) is 3.08. The number of imidazole rings is 1. The lowest BCUT2D eigenvalue weighted by molar-refractivity contribution is -0.146. The number of amides is 1. The Morgan fingerprint density at radius 3 is 1.52 bits per heavy atom. The van der Waals surface area contributed by atoms with Gasteiger partial charge in [0.15, 0.2) is 0 Å². The van der Waals surface area contributed by atoms with Crippen LogP contribution in [0.1, 0.15) is 51.1 Å². The zero-order valence-corrected chi connectivity index (χ0v) is 35.9. The summed E-state index contributed by atoms with van der Waals surface area (Å²) in [5.41, 5.74) is 4.47. The number of benzene rings is 7. The number of nitrogens with one attached hydrogen (secondary N) is 2. The zero-order valence-electron chi connectivity index (χ0n) is 35.9. The highest BCUT2D eigenvalue weighted by atomic mass is 16.5. The summed E-state index contributed by atoms with van der Waals surface area (Å²) in [4.78, 5) is 36.5. The molecule has 3 heterocycles. The normalized spacial score (nSPS) is 18.5. The quantitative estimate of drug-likeness (QED) is 0.0788. The molecule has 65 heavy (non-hydrogen) atoms. The number of para-hydroxylation sites is 1. The van der Waals surface area contributed by atoms with Crippen LogP contribution in [0, 0.1) is 0 Å². The number of anilines is 1. The van der Waals surface area contributed by atoms with Crippen LogP contribution in [0.2, 0.25) is 0 Å². The number of rotatable bonds is 13. The Hall–Kier alpha value is -7.59. The molecule has 8 aromatic rings. The van der Waals surface area contributed by atoms with Crippen LogP contribution in [0.3, 0.4) is 0 Å². The van der Waals surface area contributed by atoms with Crippen molar-refractivity contribution >= 4 is 17.6 Å². The molecule has 9 heteroatoms. The van der Waals surface area contributed by atoms with E-state index < -0.39 is 46.8 Å². The number of hydrogen-bond acceptors (Lipinski definition) is 7. The summed E-state index contributed by atoms with van der Waals surface area (Å²) < 4.78 is 7.50. The molecule has 7 aromatic carbocycles. The van der Waals surface area contributed by atoms with E-state index in [1.807, 2.05) is 140 Å². The highest BCUT2D eigenvalue weighted by Gasteiger charge is 2.64. The van der Waals surface area contributed by atoms with Crippen molar-refractivity contribution < 1.29 is 19.4 Å². The summed E-state index contributed by atoms with van der Waals surface area (Å²) in [6.45, 7) is 0. The molecule has 4 atom stereocenters. The van der Waals surface area contributed by atoms with Crippen LogP contribution in [0.4, 0.5) is 5.69 Å². The second-order valence-electron chi connectivity index (χ2n) is 16.8. The largest absolute Gasteiger partial charge is 0.467 e. The molecule has 322 valence electrons. The Balaban J connectivity index is 1.08. The molecule has 3 N–H and O–H groups in total. The number of methoxy groups -OCH3 is 1. The first kappa shape index (κ1) is 41.4. The minimum Gasteiger partial charge on any atom is -0.467 e. The van der Waals surface area contributed by atoms with E-state index in [9.17, 15) is 9.90 Å². The maximum atomic E-state index is 15.5. The molecule has 2 aliphatic heterocycles. The van der Waals surface area contributed by atoms with Gasteiger partial charge in [-0.15, -0.1) is 0 Å². The summed E-state index contributed by atoms with van der Waals surface area (Å²) in [7, 11) is 1.33. The van der Waals surface area contributed by atoms with Gasteiger partial charge in [0, 0.05) is 30.3 Å². The van der Waals surface area contributed by atoms with Gasteiger partial charge in [-0.05, 0) is 39.4 Å². The van der Waals surface area contributed by atoms with Crippen molar-refractivity contribution in [1.82, 2.24) is 19.8 Å². The Bertz CT molecular complexity index is 2700. The van der Waals surface area contributed by atoms with Gasteiger partial charge < -0.3 is 25.0 Å². The first-order valence-corrected chi connectivity index (χ1v) is 22.0. The fourth-order valence-electron chi connectivity index (χ4n) is 10.6. The lowest BCUT2D eigenvalue weighted by Crippen LogP contribution is -2.61. The molecule has 0 unspecified atom stereocenters. The summed E-state index contributed by atoms with van der Waals surface area (Å²) in [6, 6.07) is 66.9. The van der Waals surface area contributed by atoms with E-state index in [1.165, 1.54) is 7.11 Å². The maximum absolute atomic E-state index is 15.5. The predicted octanol–water partition coefficient (Wildman–Crippen LogP) is 8.63. The number of aliphatic hydroxyl groups is 1. The van der Waals surface area contributed by atoms with E-state index in [0.717, 1.165) is 39.1 Å². The number of hydrogen-bond donors (Lipinski definition) is 3. The minimum atomic E-state index is -1.49. The standard InChI is InChI=1S/C56H49N5O4/c1-65-52(63)49(36-46-38-60(39-57-46)55(40-22-8-2-9-23-40,41-24-10-3-11-25-41)42-26-12-4-13-27-42)58-51(62)50-37-54(64)47-34-20-21-35-48(47)59-53(54)61(50)56(43-28-14-5-15-29-43,44-30-16-6-17-31-44)45-32-18-7-19-33-45/h2-35,38-39,49-50,53,59,64H,36-37H2,1H3,(H,58,62)/t49-,50-,53-,54+/m0/s1. The number of fused-ring (bicyclic) bond motifs is 3. The Labute approximate surface area is 379 Å². The van der Waals surface area contributed by atoms with Crippen LogP contribution in [-0.2, 0) is 37.4 Å². The molecular formula is C56H49N5O4. The van der Waals surface area contributed by atoms with Crippen molar-refractivity contribution in [2.45, 2.75) is 47.8 Å². The molecule has 9 nitrogen and oxygen atoms in total. The second-order valence-corrected chi connectivity index (χ2v) is 16.8. The van der Waals surface area contributed by atoms with Crippen LogP contribution in [-0.4, -0.2) is 56.8 Å². The number of nitrogens with zero attached hydrogens (tertiary/aromatic N) is 3. The van der Waals surface area contributed by atoms with Gasteiger partial charge in [0.25, 0.3) is 0 Å². The van der Waals surface area contributed by atoms with E-state index in [-0.39, 0.29) is 12.8 Å². The van der Waals surface area contributed by atoms with Gasteiger partial charge in [-0.2, -0.15) is 0 Å². The zero-order chi connectivity index (χ0) is 44.4. The van der Waals surface area contributed by atoms with Crippen molar-refractivity contribution in [2.24, 2.45) is 0 Å². The molecule has 0 saturated carbocycles. The number of aromatic nitrogens is 2. The van der Waals surface area contributed by atoms with E-state index in [1.54, 1.807) is 6.33 Å². The molecule has 1 amide bonds. The Morgan fingerprint density at radius 1 is 0.662 bits per heavy atom. The summed E-state index contributed by atoms with van der Waals surface area (Å²) >= 11 is 0. The van der Waals surface area contributed by atoms with Crippen molar-refractivity contribution in [3.63, 3.8) is 0 Å². The molecule has 2 aliphatic rings. The highest BCUT2D eigenvalue weighted by Crippen LogP contribution is 2.56. The molecule has 0 aliphatic carbocycles. The molecule has 1 fully saturated rings. The first-order valence-electron chi connectivity index (χ1n) is 22.0. The second kappa shape index (κ2) is 17.2. The number of esters is 1. The number of carbonyl (C=O) groups excluding carboxylic acids is 2. The van der Waals surface area contributed by atoms with Gasteiger partial charge in [0.05, 0.1) is 30.7 Å². The highest BCUT2D eigenvalue weighted by molar-refractivity contribution is 5.89. The van der Waals surface area contributed by atoms with Gasteiger partial charge in [0.1, 0.15) is 23.3 Å². The van der Waals surface area contributed by atoms with Crippen molar-refractivity contribution in [2.75, 3.05) is 12.4 Å². The molecule has 10 rings (SSSR count). The number of likely N-dealkylation sites (tertiary alicyclic amines) is 1. The SMILES string of the molecule is COC(=O)[C@H](Cc1cn(C(c2ccccc2)(c2ccccc2)c2ccccc2)cn1)NC(=O)[C@@H]1C[C@@]2(O)c3ccccc3N[C@H]2N1C(c1ccccc1)(c1ccccc1)c1ccccc1. The number of carbonyl (C=O) groups is 2. The van der Waals surface area contributed by atoms with Crippen molar-refractivity contribution in [1.29, 1.82) is 0 Å². The van der Waals surface area contributed by atoms with E-state index in [0.29, 0.717) is 11.3 Å². The molecule has 0 radical (unpaired) electrons. The summed E-state index contributed by atoms with van der Waals surface area (Å²) in [5, 5.41) is 19.9. The van der Waals surface area contributed by atoms with Gasteiger partial charge in [-0.25, -0.2) is 9.78 Å². The topological polar surface area (TPSA) is 109 Å². The Morgan fingerprint density at radius 2 is 1.08 bits per heavy atom. The average Bonchev–Trinajstić information content (AvgIpc) is 4.04. The van der Waals surface area contributed by atoms with Gasteiger partial charge in [-0.3, -0.25) is 9.69 Å². The van der Waals surface area contributed by atoms with Gasteiger partial charge in [-0.1, -0.05) is 200 Å². The lowest BCUT2D eigenvalue weighted by atomic mass is 9.74. The van der Waals surface area contributed by atoms with Crippen LogP contribution < -0.4 is 10.6 Å². The molecule has 1 aromatic heterocycles. The monoisotopic (exact) mass is 855 g/mol. The Kier molecular flexibility index (Phi) is 10.9. The third-order valence-electron chi connectivity index (χ3n) is 13.3. The summed E-state index contributed by atoms with van der Waals surface area (Å²) in [5.74, 6) is -1.04. The van der Waals surface area contributed by atoms with Gasteiger partial charge >= 0.3 is 5.97 Å². The van der Waals surface area contributed by atoms with Crippen LogP contribution in [0.25, 0.3) is 0 Å². The van der Waals surface area contributed by atoms with Crippen LogP contribution in [0.15, 0.2) is 219 Å². The molecule has 1 saturated heterocycles. The average molecular weight is 856 g/mol. The van der Waals surface area contributed by atoms with Crippen molar-refractivity contribution in [3.8, 4) is 0 Å². The van der Waals surface area contributed by atoms with Crippen molar-refractivity contribution in [3.05, 3.63) is 263 Å². The maximum Gasteiger partial charge on any atom is 0.328 e. The molecule has 0 spiro atoms. The lowest BCUT2D eigenvalue weighted by Gasteiger charge is -2.48. The third kappa shape index (κ3) is 6.91. The first-order chi connectivity index (χ1) is 31.9. The fourth-order valence-corrected chi connectivity index (χ4v) is 10.6. The van der Waals surface area contributed by atoms with Crippen LogP contribution in [0.5, 0.6) is 0 Å². The third-order valence-corrected chi connectivity index (χ3v) is 13.3. The molecule has 0 bridgehead atoms. The minimum absolute atomic E-state index is 0.0397. The smallest absolute Gasteiger partial charge is 0.328 e. The predicted molar refractivity (Wildman–Crippen MR) is 252 cm³/mol. The molecular weight excluding hydrogens is 807 g/mol.